The molecule has 0 radical (unpaired) electrons. The van der Waals surface area contributed by atoms with E-state index in [2.05, 4.69) is 15.9 Å². The highest BCUT2D eigenvalue weighted by Gasteiger charge is 2.46. The minimum Gasteiger partial charge on any atom is -0.872 e. The molecule has 1 atom stereocenters. The average Bonchev–Trinajstić information content (AvgIpc) is 3.08. The van der Waals surface area contributed by atoms with Crippen LogP contribution in [-0.4, -0.2) is 60.9 Å². The molecule has 0 aliphatic carbocycles. The smallest absolute Gasteiger partial charge is 0.295 e. The molecule has 0 saturated carbocycles. The van der Waals surface area contributed by atoms with Crippen molar-refractivity contribution in [1.82, 2.24) is 4.90 Å². The summed E-state index contributed by atoms with van der Waals surface area (Å²) < 4.78 is 6.12. The fourth-order valence-corrected chi connectivity index (χ4v) is 4.52. The van der Waals surface area contributed by atoms with Crippen LogP contribution >= 0.6 is 15.9 Å². The van der Waals surface area contributed by atoms with Crippen LogP contribution in [0.1, 0.15) is 17.2 Å². The van der Waals surface area contributed by atoms with Gasteiger partial charge in [-0.25, -0.2) is 0 Å². The van der Waals surface area contributed by atoms with Crippen LogP contribution in [0.25, 0.3) is 5.76 Å². The lowest BCUT2D eigenvalue weighted by molar-refractivity contribution is -0.907. The van der Waals surface area contributed by atoms with E-state index in [1.165, 1.54) is 28.0 Å². The number of likely N-dealkylation sites (tertiary alicyclic amines) is 1. The lowest BCUT2D eigenvalue weighted by Gasteiger charge is -2.30. The van der Waals surface area contributed by atoms with Gasteiger partial charge in [0.15, 0.2) is 0 Å². The Morgan fingerprint density at radius 1 is 1.12 bits per heavy atom. The molecule has 1 unspecified atom stereocenters. The van der Waals surface area contributed by atoms with E-state index in [4.69, 9.17) is 4.74 Å². The Labute approximate surface area is 198 Å². The molecular weight excluding hydrogens is 494 g/mol. The lowest BCUT2D eigenvalue weighted by Crippen LogP contribution is -3.14. The molecule has 4 rings (SSSR count). The third-order valence-electron chi connectivity index (χ3n) is 5.97. The molecule has 2 aromatic rings. The number of quaternary nitrogens is 1. The minimum atomic E-state index is -1.12. The minimum absolute atomic E-state index is 0.152. The van der Waals surface area contributed by atoms with Crippen molar-refractivity contribution in [2.75, 3.05) is 39.4 Å². The van der Waals surface area contributed by atoms with Crippen molar-refractivity contribution in [3.63, 3.8) is 0 Å². The summed E-state index contributed by atoms with van der Waals surface area (Å²) in [5.74, 6) is -2.33. The second kappa shape index (κ2) is 9.82. The van der Waals surface area contributed by atoms with Crippen molar-refractivity contribution in [2.24, 2.45) is 0 Å². The van der Waals surface area contributed by atoms with Gasteiger partial charge in [-0.2, -0.15) is 0 Å². The zero-order valence-electron chi connectivity index (χ0n) is 17.7. The molecule has 0 spiro atoms. The molecule has 0 aromatic heterocycles. The summed E-state index contributed by atoms with van der Waals surface area (Å²) in [5.41, 5.74) is -0.110. The van der Waals surface area contributed by atoms with Gasteiger partial charge >= 0.3 is 0 Å². The second-order valence-electron chi connectivity index (χ2n) is 7.91. The Bertz CT molecular complexity index is 1110. The van der Waals surface area contributed by atoms with Gasteiger partial charge in [0.1, 0.15) is 13.1 Å². The molecule has 0 bridgehead atoms. The van der Waals surface area contributed by atoms with Crippen LogP contribution in [0.2, 0.25) is 0 Å². The summed E-state index contributed by atoms with van der Waals surface area (Å²) in [5, 5.41) is 25.1. The van der Waals surface area contributed by atoms with Crippen molar-refractivity contribution < 1.29 is 29.3 Å². The van der Waals surface area contributed by atoms with E-state index >= 15 is 0 Å². The maximum absolute atomic E-state index is 13.4. The monoisotopic (exact) mass is 515 g/mol. The van der Waals surface area contributed by atoms with Gasteiger partial charge in [-0.3, -0.25) is 19.7 Å². The maximum atomic E-state index is 13.4. The number of ketones is 1. The van der Waals surface area contributed by atoms with Gasteiger partial charge in [0, 0.05) is 16.1 Å². The number of morpholine rings is 1. The second-order valence-corrected chi connectivity index (χ2v) is 8.82. The van der Waals surface area contributed by atoms with Crippen LogP contribution in [-0.2, 0) is 14.3 Å². The Morgan fingerprint density at radius 3 is 2.45 bits per heavy atom. The van der Waals surface area contributed by atoms with Crippen LogP contribution in [0.5, 0.6) is 0 Å². The van der Waals surface area contributed by atoms with Crippen molar-refractivity contribution >= 4 is 39.1 Å². The number of nitro groups is 1. The highest BCUT2D eigenvalue weighted by molar-refractivity contribution is 9.10. The molecule has 172 valence electrons. The molecule has 1 N–H and O–H groups in total. The molecule has 9 nitrogen and oxygen atoms in total. The number of nitrogens with zero attached hydrogens (tertiary/aromatic N) is 2. The number of nitro benzene ring substituents is 1. The number of benzene rings is 2. The number of carbonyl (C=O) groups excluding carboxylic acids is 2. The number of para-hydroxylation sites is 1. The summed E-state index contributed by atoms with van der Waals surface area (Å²) in [4.78, 5) is 39.8. The first-order chi connectivity index (χ1) is 15.9. The molecule has 1 amide bonds. The molecule has 2 aliphatic heterocycles. The van der Waals surface area contributed by atoms with Gasteiger partial charge in [0.05, 0.1) is 42.8 Å². The van der Waals surface area contributed by atoms with Gasteiger partial charge in [-0.1, -0.05) is 46.0 Å². The molecule has 2 aliphatic rings. The third-order valence-corrected chi connectivity index (χ3v) is 6.50. The predicted octanol–water partition coefficient (Wildman–Crippen LogP) is 0.496. The van der Waals surface area contributed by atoms with Gasteiger partial charge < -0.3 is 19.6 Å². The summed E-state index contributed by atoms with van der Waals surface area (Å²) in [7, 11) is 0. The van der Waals surface area contributed by atoms with E-state index in [0.717, 1.165) is 17.6 Å². The SMILES string of the molecule is O=C1C(=O)N(CC[NH+]2CCOCC2)C(c2ccccc2[N+](=O)[O-])/C1=C(\[O-])c1ccc(Br)cc1. The van der Waals surface area contributed by atoms with E-state index in [1.807, 2.05) is 0 Å². The Hall–Kier alpha value is -3.08. The van der Waals surface area contributed by atoms with E-state index in [9.17, 15) is 24.8 Å². The van der Waals surface area contributed by atoms with Crippen LogP contribution in [0, 0.1) is 10.1 Å². The number of carbonyl (C=O) groups is 2. The number of amides is 1. The zero-order chi connectivity index (χ0) is 23.5. The van der Waals surface area contributed by atoms with Crippen molar-refractivity contribution in [3.05, 3.63) is 79.8 Å². The molecule has 2 saturated heterocycles. The zero-order valence-corrected chi connectivity index (χ0v) is 19.2. The Kier molecular flexibility index (Phi) is 6.87. The van der Waals surface area contributed by atoms with E-state index in [-0.39, 0.29) is 28.9 Å². The lowest BCUT2D eigenvalue weighted by atomic mass is 9.94. The number of ether oxygens (including phenoxy) is 1. The number of hydrogen-bond acceptors (Lipinski definition) is 6. The molecule has 2 aromatic carbocycles. The first-order valence-electron chi connectivity index (χ1n) is 10.6. The highest BCUT2D eigenvalue weighted by Crippen LogP contribution is 2.41. The fraction of sp³-hybridized carbons (Fsp3) is 0.304. The number of rotatable bonds is 6. The normalized spacial score (nSPS) is 20.9. The van der Waals surface area contributed by atoms with Crippen molar-refractivity contribution in [1.29, 1.82) is 0 Å². The fourth-order valence-electron chi connectivity index (χ4n) is 4.25. The van der Waals surface area contributed by atoms with Gasteiger partial charge in [0.2, 0.25) is 5.78 Å². The van der Waals surface area contributed by atoms with Crippen LogP contribution in [0.3, 0.4) is 0 Å². The first kappa shape index (κ1) is 23.1. The van der Waals surface area contributed by atoms with Crippen LogP contribution < -0.4 is 10.0 Å². The largest absolute Gasteiger partial charge is 0.872 e. The summed E-state index contributed by atoms with van der Waals surface area (Å²) in [6.45, 7) is 3.47. The molecule has 10 heteroatoms. The van der Waals surface area contributed by atoms with Crippen molar-refractivity contribution in [2.45, 2.75) is 6.04 Å². The summed E-state index contributed by atoms with van der Waals surface area (Å²) in [6.07, 6.45) is 0. The highest BCUT2D eigenvalue weighted by atomic mass is 79.9. The molecule has 2 fully saturated rings. The Balaban J connectivity index is 1.80. The van der Waals surface area contributed by atoms with Crippen molar-refractivity contribution in [3.8, 4) is 0 Å². The topological polar surface area (TPSA) is 117 Å². The van der Waals surface area contributed by atoms with E-state index in [0.29, 0.717) is 19.8 Å². The molecular formula is C23H22BrN3O6. The third kappa shape index (κ3) is 4.68. The number of hydrogen-bond donors (Lipinski definition) is 1. The maximum Gasteiger partial charge on any atom is 0.295 e. The quantitative estimate of drug-likeness (QED) is 0.197. The van der Waals surface area contributed by atoms with E-state index < -0.39 is 28.4 Å². The molecule has 2 heterocycles. The Morgan fingerprint density at radius 2 is 1.79 bits per heavy atom. The average molecular weight is 516 g/mol. The standard InChI is InChI=1S/C23H22BrN3O6/c24-16-7-5-15(6-8-16)21(28)19-20(17-3-1-2-4-18(17)27(31)32)26(23(30)22(19)29)10-9-25-11-13-33-14-12-25/h1-8,20,28H,9-14H2/b21-19+. The molecule has 33 heavy (non-hydrogen) atoms. The predicted molar refractivity (Wildman–Crippen MR) is 120 cm³/mol. The first-order valence-corrected chi connectivity index (χ1v) is 11.3. The summed E-state index contributed by atoms with van der Waals surface area (Å²) >= 11 is 3.31. The van der Waals surface area contributed by atoms with Gasteiger partial charge in [-0.05, 0) is 23.8 Å². The van der Waals surface area contributed by atoms with Crippen LogP contribution in [0.15, 0.2) is 58.6 Å². The number of halogens is 1. The summed E-state index contributed by atoms with van der Waals surface area (Å²) in [6, 6.07) is 11.2. The number of nitrogens with one attached hydrogen (secondary N) is 1. The van der Waals surface area contributed by atoms with Gasteiger partial charge in [-0.15, -0.1) is 0 Å². The van der Waals surface area contributed by atoms with Gasteiger partial charge in [0.25, 0.3) is 11.6 Å². The van der Waals surface area contributed by atoms with Crippen LogP contribution in [0.4, 0.5) is 5.69 Å². The van der Waals surface area contributed by atoms with E-state index in [1.54, 1.807) is 30.3 Å². The number of Topliss-reactive ketones (excluding diaryl/α,β-unsaturated/α-hetero) is 1.